The van der Waals surface area contributed by atoms with Crippen molar-refractivity contribution in [3.05, 3.63) is 0 Å². The summed E-state index contributed by atoms with van der Waals surface area (Å²) in [5.41, 5.74) is 0. The van der Waals surface area contributed by atoms with Gasteiger partial charge in [-0.25, -0.2) is 0 Å². The van der Waals surface area contributed by atoms with Crippen molar-refractivity contribution in [2.24, 2.45) is 5.92 Å². The molecule has 3 atom stereocenters. The predicted molar refractivity (Wildman–Crippen MR) is 69.7 cm³/mol. The summed E-state index contributed by atoms with van der Waals surface area (Å²) in [5.74, 6) is 0.923. The van der Waals surface area contributed by atoms with E-state index in [4.69, 9.17) is 0 Å². The molecule has 16 heavy (non-hydrogen) atoms. The lowest BCUT2D eigenvalue weighted by molar-refractivity contribution is 0.135. The molecule has 2 heteroatoms. The molecule has 94 valence electrons. The predicted octanol–water partition coefficient (Wildman–Crippen LogP) is 2.64. The van der Waals surface area contributed by atoms with Crippen molar-refractivity contribution in [1.82, 2.24) is 10.2 Å². The maximum absolute atomic E-state index is 3.68. The Morgan fingerprint density at radius 1 is 1.12 bits per heavy atom. The second-order valence-electron chi connectivity index (χ2n) is 6.13. The lowest BCUT2D eigenvalue weighted by Gasteiger charge is -2.36. The molecule has 0 spiro atoms. The van der Waals surface area contributed by atoms with Gasteiger partial charge in [0.25, 0.3) is 0 Å². The zero-order chi connectivity index (χ0) is 11.5. The topological polar surface area (TPSA) is 15.3 Å². The molecule has 0 bridgehead atoms. The van der Waals surface area contributed by atoms with Crippen LogP contribution in [0.4, 0.5) is 0 Å². The smallest absolute Gasteiger partial charge is 0.0209 e. The van der Waals surface area contributed by atoms with Crippen molar-refractivity contribution >= 4 is 0 Å². The second-order valence-corrected chi connectivity index (χ2v) is 6.13. The lowest BCUT2D eigenvalue weighted by atomic mass is 9.85. The molecule has 1 saturated carbocycles. The average molecular weight is 224 g/mol. The van der Waals surface area contributed by atoms with Crippen LogP contribution in [-0.2, 0) is 0 Å². The molecule has 1 N–H and O–H groups in total. The van der Waals surface area contributed by atoms with Crippen LogP contribution in [0.5, 0.6) is 0 Å². The van der Waals surface area contributed by atoms with E-state index in [1.54, 1.807) is 0 Å². The van der Waals surface area contributed by atoms with Crippen molar-refractivity contribution in [1.29, 1.82) is 0 Å². The van der Waals surface area contributed by atoms with Crippen molar-refractivity contribution in [2.75, 3.05) is 13.1 Å². The Morgan fingerprint density at radius 3 is 2.56 bits per heavy atom. The molecule has 3 unspecified atom stereocenters. The Balaban J connectivity index is 1.82. The van der Waals surface area contributed by atoms with Gasteiger partial charge in [0.1, 0.15) is 0 Å². The van der Waals surface area contributed by atoms with Crippen LogP contribution in [0.15, 0.2) is 0 Å². The highest BCUT2D eigenvalue weighted by Crippen LogP contribution is 2.30. The molecule has 1 aliphatic carbocycles. The van der Waals surface area contributed by atoms with E-state index in [0.29, 0.717) is 6.04 Å². The summed E-state index contributed by atoms with van der Waals surface area (Å²) in [6.07, 6.45) is 7.15. The summed E-state index contributed by atoms with van der Waals surface area (Å²) in [7, 11) is 0. The van der Waals surface area contributed by atoms with Gasteiger partial charge >= 0.3 is 0 Å². The Labute approximate surface area is 101 Å². The molecule has 1 aliphatic heterocycles. The highest BCUT2D eigenvalue weighted by molar-refractivity contribution is 4.89. The SMILES string of the molecule is CC(C)NC1CCN(C2CCCCC2C)C1. The number of rotatable bonds is 3. The van der Waals surface area contributed by atoms with Gasteiger partial charge < -0.3 is 5.32 Å². The monoisotopic (exact) mass is 224 g/mol. The first-order valence-corrected chi connectivity index (χ1v) is 7.17. The van der Waals surface area contributed by atoms with Gasteiger partial charge in [-0.1, -0.05) is 33.6 Å². The van der Waals surface area contributed by atoms with Gasteiger partial charge in [0.2, 0.25) is 0 Å². The molecule has 0 radical (unpaired) electrons. The molecule has 0 aromatic rings. The van der Waals surface area contributed by atoms with Crippen LogP contribution in [0.25, 0.3) is 0 Å². The zero-order valence-corrected chi connectivity index (χ0v) is 11.2. The normalized spacial score (nSPS) is 37.1. The van der Waals surface area contributed by atoms with Crippen LogP contribution in [0.2, 0.25) is 0 Å². The molecule has 1 saturated heterocycles. The standard InChI is InChI=1S/C14H28N2/c1-11(2)15-13-8-9-16(10-13)14-7-5-4-6-12(14)3/h11-15H,4-10H2,1-3H3. The molecule has 0 aromatic heterocycles. The van der Waals surface area contributed by atoms with Gasteiger partial charge in [-0.15, -0.1) is 0 Å². The van der Waals surface area contributed by atoms with Crippen molar-refractivity contribution in [2.45, 2.75) is 71.0 Å². The first-order valence-electron chi connectivity index (χ1n) is 7.17. The quantitative estimate of drug-likeness (QED) is 0.793. The number of hydrogen-bond donors (Lipinski definition) is 1. The fourth-order valence-electron chi connectivity index (χ4n) is 3.54. The van der Waals surface area contributed by atoms with E-state index in [2.05, 4.69) is 31.0 Å². The molecular formula is C14H28N2. The minimum atomic E-state index is 0.633. The summed E-state index contributed by atoms with van der Waals surface area (Å²) >= 11 is 0. The number of likely N-dealkylation sites (tertiary alicyclic amines) is 1. The molecule has 2 fully saturated rings. The summed E-state index contributed by atoms with van der Waals surface area (Å²) in [4.78, 5) is 2.75. The van der Waals surface area contributed by atoms with Gasteiger partial charge in [0, 0.05) is 31.2 Å². The van der Waals surface area contributed by atoms with Crippen molar-refractivity contribution < 1.29 is 0 Å². The number of nitrogens with one attached hydrogen (secondary N) is 1. The van der Waals surface area contributed by atoms with Crippen LogP contribution in [0, 0.1) is 5.92 Å². The Kier molecular flexibility index (Phi) is 4.26. The van der Waals surface area contributed by atoms with Crippen molar-refractivity contribution in [3.8, 4) is 0 Å². The van der Waals surface area contributed by atoms with Crippen LogP contribution in [-0.4, -0.2) is 36.1 Å². The van der Waals surface area contributed by atoms with Gasteiger partial charge in [-0.05, 0) is 25.2 Å². The van der Waals surface area contributed by atoms with Crippen LogP contribution in [0.3, 0.4) is 0 Å². The van der Waals surface area contributed by atoms with E-state index in [9.17, 15) is 0 Å². The Hall–Kier alpha value is -0.0800. The van der Waals surface area contributed by atoms with E-state index in [-0.39, 0.29) is 0 Å². The van der Waals surface area contributed by atoms with E-state index in [1.807, 2.05) is 0 Å². The van der Waals surface area contributed by atoms with Crippen LogP contribution in [0.1, 0.15) is 52.9 Å². The maximum atomic E-state index is 3.68. The summed E-state index contributed by atoms with van der Waals surface area (Å²) in [6, 6.07) is 2.26. The van der Waals surface area contributed by atoms with Gasteiger partial charge in [-0.3, -0.25) is 4.90 Å². The third kappa shape index (κ3) is 2.98. The highest BCUT2D eigenvalue weighted by Gasteiger charge is 2.32. The highest BCUT2D eigenvalue weighted by atomic mass is 15.2. The van der Waals surface area contributed by atoms with Crippen LogP contribution < -0.4 is 5.32 Å². The average Bonchev–Trinajstić information content (AvgIpc) is 2.66. The second kappa shape index (κ2) is 5.50. The van der Waals surface area contributed by atoms with E-state index in [1.165, 1.54) is 45.2 Å². The van der Waals surface area contributed by atoms with Gasteiger partial charge in [0.15, 0.2) is 0 Å². The van der Waals surface area contributed by atoms with Crippen molar-refractivity contribution in [3.63, 3.8) is 0 Å². The maximum Gasteiger partial charge on any atom is 0.0209 e. The number of hydrogen-bond acceptors (Lipinski definition) is 2. The molecule has 0 amide bonds. The molecule has 0 aromatic carbocycles. The van der Waals surface area contributed by atoms with Crippen LogP contribution >= 0.6 is 0 Å². The fourth-order valence-corrected chi connectivity index (χ4v) is 3.54. The molecule has 1 heterocycles. The van der Waals surface area contributed by atoms with E-state index < -0.39 is 0 Å². The van der Waals surface area contributed by atoms with Gasteiger partial charge in [0.05, 0.1) is 0 Å². The van der Waals surface area contributed by atoms with E-state index in [0.717, 1.165) is 18.0 Å². The lowest BCUT2D eigenvalue weighted by Crippen LogP contribution is -2.43. The fraction of sp³-hybridized carbons (Fsp3) is 1.00. The summed E-state index contributed by atoms with van der Waals surface area (Å²) < 4.78 is 0. The molecule has 2 rings (SSSR count). The van der Waals surface area contributed by atoms with Gasteiger partial charge in [-0.2, -0.15) is 0 Å². The zero-order valence-electron chi connectivity index (χ0n) is 11.2. The van der Waals surface area contributed by atoms with E-state index >= 15 is 0 Å². The Morgan fingerprint density at radius 2 is 1.88 bits per heavy atom. The molecule has 2 nitrogen and oxygen atoms in total. The minimum Gasteiger partial charge on any atom is -0.310 e. The molecule has 2 aliphatic rings. The number of nitrogens with zero attached hydrogens (tertiary/aromatic N) is 1. The first kappa shape index (κ1) is 12.4. The molecular weight excluding hydrogens is 196 g/mol. The minimum absolute atomic E-state index is 0.633. The first-order chi connectivity index (χ1) is 7.66. The summed E-state index contributed by atoms with van der Waals surface area (Å²) in [6.45, 7) is 9.57. The largest absolute Gasteiger partial charge is 0.310 e. The third-order valence-electron chi connectivity index (χ3n) is 4.32. The Bertz CT molecular complexity index is 215. The summed E-state index contributed by atoms with van der Waals surface area (Å²) in [5, 5.41) is 3.68. The third-order valence-corrected chi connectivity index (χ3v) is 4.32.